The van der Waals surface area contributed by atoms with Gasteiger partial charge in [0.05, 0.1) is 6.20 Å². The van der Waals surface area contributed by atoms with Crippen LogP contribution in [-0.4, -0.2) is 25.7 Å². The van der Waals surface area contributed by atoms with Crippen LogP contribution in [0.2, 0.25) is 0 Å². The van der Waals surface area contributed by atoms with Crippen LogP contribution < -0.4 is 5.32 Å². The van der Waals surface area contributed by atoms with Crippen LogP contribution in [0.4, 0.5) is 5.82 Å². The number of pyridine rings is 1. The van der Waals surface area contributed by atoms with E-state index in [-0.39, 0.29) is 5.91 Å². The summed E-state index contributed by atoms with van der Waals surface area (Å²) in [6.45, 7) is 0. The van der Waals surface area contributed by atoms with E-state index in [0.717, 1.165) is 32.7 Å². The standard InChI is InChI=1S/C22H17N5O/c1-27-13-20(12-25-27)14-2-4-17-11-24-21(8-18(17)6-14)26-22(28)15-3-5-16-9-23-10-19(16)7-15/h2-13,23H,1H3,(H,24,26,28). The van der Waals surface area contributed by atoms with E-state index in [2.05, 4.69) is 26.4 Å². The predicted octanol–water partition coefficient (Wildman–Crippen LogP) is 4.37. The average molecular weight is 367 g/mol. The lowest BCUT2D eigenvalue weighted by Crippen LogP contribution is -2.12. The molecule has 0 aliphatic rings. The van der Waals surface area contributed by atoms with Crippen LogP contribution in [0.1, 0.15) is 10.4 Å². The van der Waals surface area contributed by atoms with Crippen molar-refractivity contribution >= 4 is 33.3 Å². The van der Waals surface area contributed by atoms with Crippen LogP contribution in [0.15, 0.2) is 73.4 Å². The molecule has 5 rings (SSSR count). The van der Waals surface area contributed by atoms with Gasteiger partial charge in [0, 0.05) is 48.3 Å². The summed E-state index contributed by atoms with van der Waals surface area (Å²) in [6.07, 6.45) is 9.36. The molecule has 3 aromatic heterocycles. The fourth-order valence-electron chi connectivity index (χ4n) is 3.34. The van der Waals surface area contributed by atoms with Crippen molar-refractivity contribution < 1.29 is 4.79 Å². The Morgan fingerprint density at radius 1 is 0.929 bits per heavy atom. The summed E-state index contributed by atoms with van der Waals surface area (Å²) in [6, 6.07) is 13.6. The Kier molecular flexibility index (Phi) is 3.69. The van der Waals surface area contributed by atoms with Gasteiger partial charge in [-0.05, 0) is 46.0 Å². The molecule has 28 heavy (non-hydrogen) atoms. The van der Waals surface area contributed by atoms with E-state index in [9.17, 15) is 4.79 Å². The molecule has 0 bridgehead atoms. The van der Waals surface area contributed by atoms with E-state index in [0.29, 0.717) is 11.4 Å². The monoisotopic (exact) mass is 367 g/mol. The van der Waals surface area contributed by atoms with Gasteiger partial charge < -0.3 is 10.3 Å². The van der Waals surface area contributed by atoms with Crippen molar-refractivity contribution in [1.82, 2.24) is 19.7 Å². The molecule has 136 valence electrons. The van der Waals surface area contributed by atoms with Gasteiger partial charge in [0.2, 0.25) is 0 Å². The number of hydrogen-bond donors (Lipinski definition) is 2. The Labute approximate surface area is 160 Å². The molecule has 1 amide bonds. The Bertz CT molecular complexity index is 1330. The van der Waals surface area contributed by atoms with Gasteiger partial charge in [-0.1, -0.05) is 18.2 Å². The Balaban J connectivity index is 1.45. The summed E-state index contributed by atoms with van der Waals surface area (Å²) in [5, 5.41) is 11.2. The SMILES string of the molecule is Cn1cc(-c2ccc3cnc(NC(=O)c4ccc5c[nH]cc5c4)cc3c2)cn1. The van der Waals surface area contributed by atoms with E-state index in [1.165, 1.54) is 0 Å². The lowest BCUT2D eigenvalue weighted by atomic mass is 10.0. The summed E-state index contributed by atoms with van der Waals surface area (Å²) in [5.74, 6) is 0.341. The third kappa shape index (κ3) is 2.91. The number of amides is 1. The minimum absolute atomic E-state index is 0.182. The molecule has 0 aliphatic heterocycles. The zero-order valence-electron chi connectivity index (χ0n) is 15.2. The van der Waals surface area contributed by atoms with Gasteiger partial charge in [0.1, 0.15) is 5.82 Å². The lowest BCUT2D eigenvalue weighted by molar-refractivity contribution is 0.102. The highest BCUT2D eigenvalue weighted by Gasteiger charge is 2.09. The van der Waals surface area contributed by atoms with Crippen LogP contribution in [0, 0.1) is 0 Å². The lowest BCUT2D eigenvalue weighted by Gasteiger charge is -2.07. The molecule has 5 aromatic rings. The molecule has 0 spiro atoms. The molecule has 0 saturated heterocycles. The van der Waals surface area contributed by atoms with Crippen LogP contribution in [0.25, 0.3) is 32.7 Å². The maximum Gasteiger partial charge on any atom is 0.256 e. The smallest absolute Gasteiger partial charge is 0.256 e. The second-order valence-corrected chi connectivity index (χ2v) is 6.79. The highest BCUT2D eigenvalue weighted by molar-refractivity contribution is 6.06. The van der Waals surface area contributed by atoms with Crippen molar-refractivity contribution in [2.45, 2.75) is 0 Å². The average Bonchev–Trinajstić information content (AvgIpc) is 3.35. The maximum absolute atomic E-state index is 12.6. The first kappa shape index (κ1) is 16.3. The van der Waals surface area contributed by atoms with Gasteiger partial charge >= 0.3 is 0 Å². The fourth-order valence-corrected chi connectivity index (χ4v) is 3.34. The Morgan fingerprint density at radius 2 is 1.79 bits per heavy atom. The number of benzene rings is 2. The highest BCUT2D eigenvalue weighted by atomic mass is 16.1. The molecule has 0 saturated carbocycles. The molecule has 0 radical (unpaired) electrons. The Hall–Kier alpha value is -3.93. The zero-order chi connectivity index (χ0) is 19.1. The van der Waals surface area contributed by atoms with Crippen LogP contribution in [-0.2, 0) is 7.05 Å². The zero-order valence-corrected chi connectivity index (χ0v) is 15.2. The van der Waals surface area contributed by atoms with Gasteiger partial charge in [-0.15, -0.1) is 0 Å². The number of H-pyrrole nitrogens is 1. The number of aromatic nitrogens is 4. The highest BCUT2D eigenvalue weighted by Crippen LogP contribution is 2.25. The summed E-state index contributed by atoms with van der Waals surface area (Å²) in [5.41, 5.74) is 2.71. The molecule has 2 N–H and O–H groups in total. The van der Waals surface area contributed by atoms with Gasteiger partial charge in [-0.3, -0.25) is 9.48 Å². The fraction of sp³-hybridized carbons (Fsp3) is 0.0455. The number of carbonyl (C=O) groups is 1. The van der Waals surface area contributed by atoms with Crippen LogP contribution in [0.3, 0.4) is 0 Å². The van der Waals surface area contributed by atoms with Crippen molar-refractivity contribution in [3.8, 4) is 11.1 Å². The van der Waals surface area contributed by atoms with E-state index in [4.69, 9.17) is 0 Å². The van der Waals surface area contributed by atoms with Crippen molar-refractivity contribution in [3.63, 3.8) is 0 Å². The first-order valence-electron chi connectivity index (χ1n) is 8.92. The number of carbonyl (C=O) groups excluding carboxylic acids is 1. The van der Waals surface area contributed by atoms with Crippen molar-refractivity contribution in [3.05, 3.63) is 79.0 Å². The third-order valence-electron chi connectivity index (χ3n) is 4.83. The van der Waals surface area contributed by atoms with Crippen LogP contribution >= 0.6 is 0 Å². The van der Waals surface area contributed by atoms with Gasteiger partial charge in [-0.25, -0.2) is 4.98 Å². The molecule has 2 aromatic carbocycles. The molecular formula is C22H17N5O. The summed E-state index contributed by atoms with van der Waals surface area (Å²) < 4.78 is 1.78. The van der Waals surface area contributed by atoms with E-state index >= 15 is 0 Å². The summed E-state index contributed by atoms with van der Waals surface area (Å²) >= 11 is 0. The normalized spacial score (nSPS) is 11.2. The molecule has 0 aliphatic carbocycles. The number of fused-ring (bicyclic) bond motifs is 2. The Morgan fingerprint density at radius 3 is 2.64 bits per heavy atom. The largest absolute Gasteiger partial charge is 0.366 e. The molecule has 0 unspecified atom stereocenters. The van der Waals surface area contributed by atoms with E-state index in [1.54, 1.807) is 10.9 Å². The van der Waals surface area contributed by atoms with E-state index in [1.807, 2.05) is 68.2 Å². The number of rotatable bonds is 3. The molecule has 6 heteroatoms. The number of aromatic amines is 1. The summed E-state index contributed by atoms with van der Waals surface area (Å²) in [4.78, 5) is 20.1. The van der Waals surface area contributed by atoms with Crippen molar-refractivity contribution in [2.75, 3.05) is 5.32 Å². The first-order valence-corrected chi connectivity index (χ1v) is 8.92. The topological polar surface area (TPSA) is 75.6 Å². The number of aryl methyl sites for hydroxylation is 1. The number of nitrogens with zero attached hydrogens (tertiary/aromatic N) is 3. The van der Waals surface area contributed by atoms with Crippen LogP contribution in [0.5, 0.6) is 0 Å². The number of nitrogens with one attached hydrogen (secondary N) is 2. The predicted molar refractivity (Wildman–Crippen MR) is 110 cm³/mol. The van der Waals surface area contributed by atoms with Gasteiger partial charge in [0.25, 0.3) is 5.91 Å². The second-order valence-electron chi connectivity index (χ2n) is 6.79. The summed E-state index contributed by atoms with van der Waals surface area (Å²) in [7, 11) is 1.90. The first-order chi connectivity index (χ1) is 13.7. The molecule has 3 heterocycles. The maximum atomic E-state index is 12.6. The number of anilines is 1. The van der Waals surface area contributed by atoms with Crippen molar-refractivity contribution in [1.29, 1.82) is 0 Å². The van der Waals surface area contributed by atoms with Crippen molar-refractivity contribution in [2.24, 2.45) is 7.05 Å². The minimum Gasteiger partial charge on any atom is -0.366 e. The van der Waals surface area contributed by atoms with E-state index < -0.39 is 0 Å². The van der Waals surface area contributed by atoms with Gasteiger partial charge in [0.15, 0.2) is 0 Å². The minimum atomic E-state index is -0.182. The molecule has 6 nitrogen and oxygen atoms in total. The third-order valence-corrected chi connectivity index (χ3v) is 4.83. The number of hydrogen-bond acceptors (Lipinski definition) is 3. The molecular weight excluding hydrogens is 350 g/mol. The second kappa shape index (κ2) is 6.35. The van der Waals surface area contributed by atoms with Gasteiger partial charge in [-0.2, -0.15) is 5.10 Å². The molecule has 0 fully saturated rings. The quantitative estimate of drug-likeness (QED) is 0.497. The molecule has 0 atom stereocenters.